The van der Waals surface area contributed by atoms with Gasteiger partial charge in [0.25, 0.3) is 0 Å². The molecular formula is C34H34. The Morgan fingerprint density at radius 2 is 0.941 bits per heavy atom. The Balaban J connectivity index is 0.000000652. The lowest BCUT2D eigenvalue weighted by atomic mass is 9.59. The fraction of sp³-hybridized carbons (Fsp3) is 0.176. The van der Waals surface area contributed by atoms with Crippen molar-refractivity contribution in [3.63, 3.8) is 0 Å². The number of hydrogen-bond acceptors (Lipinski definition) is 0. The molecule has 5 aromatic rings. The molecule has 0 spiro atoms. The maximum Gasteiger partial charge on any atom is 0.0707 e. The monoisotopic (exact) mass is 442 g/mol. The lowest BCUT2D eigenvalue weighted by Crippen LogP contribution is -2.36. The summed E-state index contributed by atoms with van der Waals surface area (Å²) < 4.78 is 0. The number of benzene rings is 5. The third-order valence-corrected chi connectivity index (χ3v) is 6.61. The Hall–Kier alpha value is -3.64. The van der Waals surface area contributed by atoms with Crippen LogP contribution in [-0.4, -0.2) is 0 Å². The summed E-state index contributed by atoms with van der Waals surface area (Å²) in [4.78, 5) is 0. The third kappa shape index (κ3) is 3.84. The van der Waals surface area contributed by atoms with Gasteiger partial charge in [0, 0.05) is 0 Å². The summed E-state index contributed by atoms with van der Waals surface area (Å²) in [5.74, 6) is 0. The van der Waals surface area contributed by atoms with Crippen molar-refractivity contribution in [2.75, 3.05) is 0 Å². The van der Waals surface area contributed by atoms with Crippen molar-refractivity contribution in [3.05, 3.63) is 155 Å². The predicted octanol–water partition coefficient (Wildman–Crippen LogP) is 9.18. The Labute approximate surface area is 204 Å². The standard InChI is InChI=1S/C30H22.2C2H6/c1-2-14-26(15-3-1)30(27-19-18-22-10-4-5-11-23(22)21-27)28-16-8-6-12-24(28)20-25-13-7-9-17-29(25)30;2*1-2/h1-19,21H,20H2;2*1-2H3. The SMILES string of the molecule is CC.CC.c1ccc(C2(c3ccc4ccccc4c3)c3ccccc3Cc3ccccc32)cc1. The molecule has 0 amide bonds. The van der Waals surface area contributed by atoms with Crippen LogP contribution in [0.4, 0.5) is 0 Å². The predicted molar refractivity (Wildman–Crippen MR) is 148 cm³/mol. The lowest BCUT2D eigenvalue weighted by molar-refractivity contribution is 0.704. The molecule has 0 heteroatoms. The van der Waals surface area contributed by atoms with Crippen molar-refractivity contribution < 1.29 is 0 Å². The van der Waals surface area contributed by atoms with Crippen molar-refractivity contribution in [1.29, 1.82) is 0 Å². The second-order valence-corrected chi connectivity index (χ2v) is 8.17. The number of hydrogen-bond donors (Lipinski definition) is 0. The summed E-state index contributed by atoms with van der Waals surface area (Å²) in [6.07, 6.45) is 0.981. The molecule has 0 heterocycles. The molecule has 1 aliphatic rings. The average molecular weight is 443 g/mol. The molecule has 0 radical (unpaired) electrons. The first-order valence-electron chi connectivity index (χ1n) is 12.6. The van der Waals surface area contributed by atoms with Crippen molar-refractivity contribution in [3.8, 4) is 0 Å². The van der Waals surface area contributed by atoms with Gasteiger partial charge in [-0.1, -0.05) is 143 Å². The van der Waals surface area contributed by atoms with E-state index >= 15 is 0 Å². The van der Waals surface area contributed by atoms with Gasteiger partial charge in [-0.3, -0.25) is 0 Å². The summed E-state index contributed by atoms with van der Waals surface area (Å²) in [5.41, 5.74) is 7.93. The zero-order chi connectivity index (χ0) is 24.0. The maximum absolute atomic E-state index is 2.39. The second kappa shape index (κ2) is 10.5. The van der Waals surface area contributed by atoms with Gasteiger partial charge in [0.1, 0.15) is 0 Å². The number of fused-ring (bicyclic) bond motifs is 3. The van der Waals surface area contributed by atoms with E-state index in [1.807, 2.05) is 27.7 Å². The largest absolute Gasteiger partial charge is 0.0707 e. The van der Waals surface area contributed by atoms with E-state index in [0.29, 0.717) is 0 Å². The van der Waals surface area contributed by atoms with E-state index in [9.17, 15) is 0 Å². The van der Waals surface area contributed by atoms with Gasteiger partial charge in [-0.25, -0.2) is 0 Å². The van der Waals surface area contributed by atoms with Crippen LogP contribution in [0.5, 0.6) is 0 Å². The van der Waals surface area contributed by atoms with Gasteiger partial charge < -0.3 is 0 Å². The van der Waals surface area contributed by atoms with Crippen LogP contribution in [0.15, 0.2) is 121 Å². The van der Waals surface area contributed by atoms with Crippen LogP contribution in [0.3, 0.4) is 0 Å². The highest BCUT2D eigenvalue weighted by atomic mass is 14.4. The topological polar surface area (TPSA) is 0 Å². The van der Waals surface area contributed by atoms with Crippen molar-refractivity contribution >= 4 is 10.8 Å². The van der Waals surface area contributed by atoms with Crippen LogP contribution >= 0.6 is 0 Å². The van der Waals surface area contributed by atoms with Gasteiger partial charge in [-0.15, -0.1) is 0 Å². The molecule has 0 nitrogen and oxygen atoms in total. The molecule has 34 heavy (non-hydrogen) atoms. The van der Waals surface area contributed by atoms with Gasteiger partial charge in [0.15, 0.2) is 0 Å². The van der Waals surface area contributed by atoms with Crippen molar-refractivity contribution in [1.82, 2.24) is 0 Å². The highest BCUT2D eigenvalue weighted by Gasteiger charge is 2.43. The Morgan fingerprint density at radius 1 is 0.441 bits per heavy atom. The van der Waals surface area contributed by atoms with Gasteiger partial charge >= 0.3 is 0 Å². The zero-order valence-electron chi connectivity index (χ0n) is 20.8. The third-order valence-electron chi connectivity index (χ3n) is 6.61. The van der Waals surface area contributed by atoms with Crippen LogP contribution in [0.1, 0.15) is 61.1 Å². The van der Waals surface area contributed by atoms with E-state index in [0.717, 1.165) is 6.42 Å². The average Bonchev–Trinajstić information content (AvgIpc) is 2.94. The zero-order valence-corrected chi connectivity index (χ0v) is 20.8. The van der Waals surface area contributed by atoms with E-state index in [2.05, 4.69) is 121 Å². The Kier molecular flexibility index (Phi) is 7.28. The summed E-state index contributed by atoms with van der Waals surface area (Å²) in [5, 5.41) is 2.56. The molecule has 0 aliphatic heterocycles. The Bertz CT molecular complexity index is 1320. The first-order chi connectivity index (χ1) is 16.9. The minimum Gasteiger partial charge on any atom is -0.0683 e. The molecule has 0 aromatic heterocycles. The molecule has 0 N–H and O–H groups in total. The molecule has 1 aliphatic carbocycles. The minimum absolute atomic E-state index is 0.323. The summed E-state index contributed by atoms with van der Waals surface area (Å²) >= 11 is 0. The molecule has 0 fully saturated rings. The molecular weight excluding hydrogens is 408 g/mol. The van der Waals surface area contributed by atoms with Crippen LogP contribution in [0.2, 0.25) is 0 Å². The van der Waals surface area contributed by atoms with Crippen molar-refractivity contribution in [2.45, 2.75) is 39.5 Å². The number of rotatable bonds is 2. The first kappa shape index (κ1) is 23.5. The van der Waals surface area contributed by atoms with Gasteiger partial charge in [0.2, 0.25) is 0 Å². The highest BCUT2D eigenvalue weighted by Crippen LogP contribution is 2.51. The van der Waals surface area contributed by atoms with E-state index in [4.69, 9.17) is 0 Å². The molecule has 0 atom stereocenters. The lowest BCUT2D eigenvalue weighted by Gasteiger charge is -2.42. The van der Waals surface area contributed by atoms with Gasteiger partial charge in [0.05, 0.1) is 5.41 Å². The van der Waals surface area contributed by atoms with Crippen LogP contribution in [0.25, 0.3) is 10.8 Å². The molecule has 0 saturated carbocycles. The molecule has 170 valence electrons. The van der Waals surface area contributed by atoms with Gasteiger partial charge in [-0.2, -0.15) is 0 Å². The normalized spacial score (nSPS) is 12.8. The van der Waals surface area contributed by atoms with Crippen molar-refractivity contribution in [2.24, 2.45) is 0 Å². The maximum atomic E-state index is 2.39. The van der Waals surface area contributed by atoms with E-state index < -0.39 is 0 Å². The smallest absolute Gasteiger partial charge is 0.0683 e. The molecule has 6 rings (SSSR count). The fourth-order valence-electron chi connectivity index (χ4n) is 5.33. The molecule has 0 unspecified atom stereocenters. The van der Waals surface area contributed by atoms with E-state index in [-0.39, 0.29) is 5.41 Å². The fourth-order valence-corrected chi connectivity index (χ4v) is 5.33. The minimum atomic E-state index is -0.323. The molecule has 0 bridgehead atoms. The van der Waals surface area contributed by atoms with Crippen LogP contribution in [0, 0.1) is 0 Å². The quantitative estimate of drug-likeness (QED) is 0.251. The summed E-state index contributed by atoms with van der Waals surface area (Å²) in [6, 6.07) is 44.6. The summed E-state index contributed by atoms with van der Waals surface area (Å²) in [6.45, 7) is 8.00. The second-order valence-electron chi connectivity index (χ2n) is 8.17. The van der Waals surface area contributed by atoms with Crippen LogP contribution < -0.4 is 0 Å². The Morgan fingerprint density at radius 3 is 1.56 bits per heavy atom. The van der Waals surface area contributed by atoms with E-state index in [1.165, 1.54) is 44.2 Å². The van der Waals surface area contributed by atoms with Gasteiger partial charge in [-0.05, 0) is 56.6 Å². The highest BCUT2D eigenvalue weighted by molar-refractivity contribution is 5.84. The van der Waals surface area contributed by atoms with Crippen LogP contribution in [-0.2, 0) is 11.8 Å². The first-order valence-corrected chi connectivity index (χ1v) is 12.6. The molecule has 5 aromatic carbocycles. The van der Waals surface area contributed by atoms with E-state index in [1.54, 1.807) is 0 Å². The summed E-state index contributed by atoms with van der Waals surface area (Å²) in [7, 11) is 0. The molecule has 0 saturated heterocycles.